The minimum absolute atomic E-state index is 0.0637. The number of ether oxygens (including phenoxy) is 2. The molecule has 1 atom stereocenters. The van der Waals surface area contributed by atoms with Gasteiger partial charge in [-0.3, -0.25) is 9.59 Å². The first-order chi connectivity index (χ1) is 15.3. The zero-order chi connectivity index (χ0) is 23.1. The molecule has 3 aromatic carbocycles. The van der Waals surface area contributed by atoms with Gasteiger partial charge in [-0.25, -0.2) is 0 Å². The van der Waals surface area contributed by atoms with Gasteiger partial charge in [-0.1, -0.05) is 18.2 Å². The number of carbonyl (C=O) groups is 2. The van der Waals surface area contributed by atoms with Crippen molar-refractivity contribution in [1.82, 2.24) is 5.32 Å². The van der Waals surface area contributed by atoms with Crippen molar-refractivity contribution >= 4 is 11.8 Å². The molecule has 7 nitrogen and oxygen atoms in total. The van der Waals surface area contributed by atoms with Crippen LogP contribution in [0.4, 0.5) is 0 Å². The summed E-state index contributed by atoms with van der Waals surface area (Å²) in [6.45, 7) is 4.03. The molecular weight excluding hydrogens is 408 g/mol. The van der Waals surface area contributed by atoms with Crippen LogP contribution in [0.1, 0.15) is 31.8 Å². The molecule has 0 aromatic heterocycles. The van der Waals surface area contributed by atoms with Gasteiger partial charge in [-0.15, -0.1) is 0 Å². The summed E-state index contributed by atoms with van der Waals surface area (Å²) in [6, 6.07) is 18.9. The van der Waals surface area contributed by atoms with Gasteiger partial charge in [0.25, 0.3) is 5.91 Å². The Morgan fingerprint density at radius 3 is 1.97 bits per heavy atom. The molecule has 32 heavy (non-hydrogen) atoms. The summed E-state index contributed by atoms with van der Waals surface area (Å²) in [7, 11) is 0. The van der Waals surface area contributed by atoms with Crippen LogP contribution < -0.4 is 20.5 Å². The van der Waals surface area contributed by atoms with Crippen molar-refractivity contribution in [2.75, 3.05) is 13.2 Å². The number of aliphatic hydroxyl groups is 1. The summed E-state index contributed by atoms with van der Waals surface area (Å²) >= 11 is 0. The number of nitrogens with one attached hydrogen (secondary N) is 1. The molecule has 4 N–H and O–H groups in total. The number of hydrogen-bond acceptors (Lipinski definition) is 5. The monoisotopic (exact) mass is 434 g/mol. The van der Waals surface area contributed by atoms with Crippen molar-refractivity contribution in [3.8, 4) is 17.2 Å². The molecule has 1 unspecified atom stereocenters. The third kappa shape index (κ3) is 6.09. The van der Waals surface area contributed by atoms with E-state index in [4.69, 9.17) is 15.2 Å². The van der Waals surface area contributed by atoms with Crippen molar-refractivity contribution in [3.63, 3.8) is 0 Å². The average Bonchev–Trinajstić information content (AvgIpc) is 2.78. The molecule has 0 saturated heterocycles. The Kier molecular flexibility index (Phi) is 7.46. The lowest BCUT2D eigenvalue weighted by Gasteiger charge is -2.16. The molecule has 0 radical (unpaired) electrons. The largest absolute Gasteiger partial charge is 0.490 e. The second-order valence-electron chi connectivity index (χ2n) is 7.41. The number of aliphatic hydroxyl groups excluding tert-OH is 1. The number of primary amides is 1. The molecule has 0 heterocycles. The molecule has 0 saturated carbocycles. The van der Waals surface area contributed by atoms with Crippen molar-refractivity contribution in [1.29, 1.82) is 0 Å². The lowest BCUT2D eigenvalue weighted by Crippen LogP contribution is -2.35. The minimum atomic E-state index is -0.844. The molecule has 3 rings (SSSR count). The van der Waals surface area contributed by atoms with E-state index < -0.39 is 12.0 Å². The first-order valence-electron chi connectivity index (χ1n) is 10.2. The molecule has 166 valence electrons. The zero-order valence-electron chi connectivity index (χ0n) is 18.0. The maximum atomic E-state index is 12.4. The molecule has 0 bridgehead atoms. The van der Waals surface area contributed by atoms with E-state index in [1.165, 1.54) is 0 Å². The van der Waals surface area contributed by atoms with Crippen LogP contribution in [0.5, 0.6) is 17.2 Å². The lowest BCUT2D eigenvalue weighted by molar-refractivity contribution is 0.0841. The smallest absolute Gasteiger partial charge is 0.251 e. The second kappa shape index (κ2) is 10.5. The number of rotatable bonds is 9. The number of hydrogen-bond donors (Lipinski definition) is 3. The van der Waals surface area contributed by atoms with Crippen LogP contribution >= 0.6 is 0 Å². The van der Waals surface area contributed by atoms with Crippen molar-refractivity contribution in [3.05, 3.63) is 89.0 Å². The first-order valence-corrected chi connectivity index (χ1v) is 10.2. The van der Waals surface area contributed by atoms with Crippen LogP contribution in [0.2, 0.25) is 0 Å². The van der Waals surface area contributed by atoms with Crippen LogP contribution in [0.15, 0.2) is 66.7 Å². The fourth-order valence-electron chi connectivity index (χ4n) is 3.08. The fraction of sp³-hybridized carbons (Fsp3) is 0.200. The highest BCUT2D eigenvalue weighted by Gasteiger charge is 2.12. The Balaban J connectivity index is 1.48. The summed E-state index contributed by atoms with van der Waals surface area (Å²) in [6.07, 6.45) is -0.844. The molecule has 0 aliphatic carbocycles. The summed E-state index contributed by atoms with van der Waals surface area (Å²) in [5.74, 6) is 1.01. The van der Waals surface area contributed by atoms with E-state index in [1.54, 1.807) is 48.5 Å². The second-order valence-corrected chi connectivity index (χ2v) is 7.41. The molecule has 0 aliphatic rings. The van der Waals surface area contributed by atoms with E-state index in [-0.39, 0.29) is 19.1 Å². The van der Waals surface area contributed by atoms with E-state index in [0.29, 0.717) is 22.6 Å². The highest BCUT2D eigenvalue weighted by atomic mass is 16.5. The quantitative estimate of drug-likeness (QED) is 0.478. The maximum Gasteiger partial charge on any atom is 0.251 e. The molecule has 0 aliphatic heterocycles. The average molecular weight is 434 g/mol. The molecule has 0 fully saturated rings. The topological polar surface area (TPSA) is 111 Å². The normalized spacial score (nSPS) is 11.5. The maximum absolute atomic E-state index is 12.4. The van der Waals surface area contributed by atoms with E-state index >= 15 is 0 Å². The standard InChI is InChI=1S/C25H26N2O5/c1-16-4-3-5-17(2)23(16)31-15-20(28)14-27-25(30)19-8-12-22(13-9-19)32-21-10-6-18(7-11-21)24(26)29/h3-13,20,28H,14-15H2,1-2H3,(H2,26,29)(H,27,30). The SMILES string of the molecule is Cc1cccc(C)c1OCC(O)CNC(=O)c1ccc(Oc2ccc(C(N)=O)cc2)cc1. The number of benzene rings is 3. The predicted molar refractivity (Wildman–Crippen MR) is 121 cm³/mol. The van der Waals surface area contributed by atoms with Crippen LogP contribution in [-0.4, -0.2) is 36.2 Å². The highest BCUT2D eigenvalue weighted by molar-refractivity contribution is 5.94. The lowest BCUT2D eigenvalue weighted by atomic mass is 10.1. The van der Waals surface area contributed by atoms with Gasteiger partial charge < -0.3 is 25.6 Å². The first kappa shape index (κ1) is 22.8. The van der Waals surface area contributed by atoms with Crippen molar-refractivity contribution in [2.45, 2.75) is 20.0 Å². The van der Waals surface area contributed by atoms with Crippen LogP contribution in [-0.2, 0) is 0 Å². The number of aryl methyl sites for hydroxylation is 2. The number of para-hydroxylation sites is 1. The van der Waals surface area contributed by atoms with Gasteiger partial charge in [-0.05, 0) is 73.5 Å². The molecule has 3 aromatic rings. The summed E-state index contributed by atoms with van der Waals surface area (Å²) in [5.41, 5.74) is 8.03. The Morgan fingerprint density at radius 1 is 0.906 bits per heavy atom. The van der Waals surface area contributed by atoms with Gasteiger partial charge >= 0.3 is 0 Å². The van der Waals surface area contributed by atoms with E-state index in [2.05, 4.69) is 5.32 Å². The highest BCUT2D eigenvalue weighted by Crippen LogP contribution is 2.23. The Morgan fingerprint density at radius 2 is 1.44 bits per heavy atom. The van der Waals surface area contributed by atoms with E-state index in [9.17, 15) is 14.7 Å². The van der Waals surface area contributed by atoms with Crippen LogP contribution in [0.3, 0.4) is 0 Å². The summed E-state index contributed by atoms with van der Waals surface area (Å²) in [4.78, 5) is 23.5. The Bertz CT molecular complexity index is 1060. The number of amides is 2. The van der Waals surface area contributed by atoms with E-state index in [0.717, 1.165) is 16.9 Å². The summed E-state index contributed by atoms with van der Waals surface area (Å²) in [5, 5.41) is 12.9. The number of nitrogens with two attached hydrogens (primary N) is 1. The molecular formula is C25H26N2O5. The Labute approximate surface area is 186 Å². The van der Waals surface area contributed by atoms with Gasteiger partial charge in [-0.2, -0.15) is 0 Å². The van der Waals surface area contributed by atoms with Crippen molar-refractivity contribution < 1.29 is 24.2 Å². The minimum Gasteiger partial charge on any atom is -0.490 e. The fourth-order valence-corrected chi connectivity index (χ4v) is 3.08. The van der Waals surface area contributed by atoms with Gasteiger partial charge in [0.05, 0.1) is 0 Å². The van der Waals surface area contributed by atoms with Gasteiger partial charge in [0, 0.05) is 17.7 Å². The van der Waals surface area contributed by atoms with Crippen molar-refractivity contribution in [2.24, 2.45) is 5.73 Å². The third-order valence-corrected chi connectivity index (χ3v) is 4.82. The third-order valence-electron chi connectivity index (χ3n) is 4.82. The van der Waals surface area contributed by atoms with Gasteiger partial charge in [0.15, 0.2) is 0 Å². The number of carbonyl (C=O) groups excluding carboxylic acids is 2. The molecule has 7 heteroatoms. The van der Waals surface area contributed by atoms with Gasteiger partial charge in [0.2, 0.25) is 5.91 Å². The zero-order valence-corrected chi connectivity index (χ0v) is 18.0. The van der Waals surface area contributed by atoms with Crippen LogP contribution in [0.25, 0.3) is 0 Å². The molecule has 2 amide bonds. The van der Waals surface area contributed by atoms with E-state index in [1.807, 2.05) is 32.0 Å². The predicted octanol–water partition coefficient (Wildman–Crippen LogP) is 3.36. The molecule has 0 spiro atoms. The van der Waals surface area contributed by atoms with Gasteiger partial charge in [0.1, 0.15) is 30.0 Å². The summed E-state index contributed by atoms with van der Waals surface area (Å²) < 4.78 is 11.4. The van der Waals surface area contributed by atoms with Crippen LogP contribution in [0, 0.1) is 13.8 Å². The Hall–Kier alpha value is -3.84.